The Morgan fingerprint density at radius 2 is 2.13 bits per heavy atom. The van der Waals surface area contributed by atoms with Crippen molar-refractivity contribution in [3.63, 3.8) is 0 Å². The van der Waals surface area contributed by atoms with Crippen LogP contribution in [0.2, 0.25) is 0 Å². The topological polar surface area (TPSA) is 49.3 Å². The van der Waals surface area contributed by atoms with E-state index in [1.54, 1.807) is 25.1 Å². The lowest BCUT2D eigenvalue weighted by molar-refractivity contribution is -0.121. The predicted molar refractivity (Wildman–Crippen MR) is 60.0 cm³/mol. The third-order valence-electron chi connectivity index (χ3n) is 2.09. The number of amides is 1. The van der Waals surface area contributed by atoms with Crippen molar-refractivity contribution in [2.24, 2.45) is 0 Å². The second-order valence-electron chi connectivity index (χ2n) is 3.44. The first-order valence-electron chi connectivity index (χ1n) is 4.74. The first kappa shape index (κ1) is 11.9. The van der Waals surface area contributed by atoms with Crippen LogP contribution in [0.3, 0.4) is 0 Å². The maximum Gasteiger partial charge on any atom is 0.238 e. The van der Waals surface area contributed by atoms with Gasteiger partial charge in [-0.3, -0.25) is 4.79 Å². The summed E-state index contributed by atoms with van der Waals surface area (Å²) in [4.78, 5) is 11.3. The van der Waals surface area contributed by atoms with Crippen molar-refractivity contribution in [3.8, 4) is 5.75 Å². The number of carbonyl (C=O) groups excluding carboxylic acids is 1. The first-order valence-corrected chi connectivity index (χ1v) is 5.17. The second-order valence-corrected chi connectivity index (χ2v) is 4.10. The molecular weight excluding hydrogens is 214 g/mol. The van der Waals surface area contributed by atoms with Crippen molar-refractivity contribution in [2.75, 3.05) is 0 Å². The normalized spacial score (nSPS) is 14.3. The molecular formula is C11H14ClNO2. The number of benzene rings is 1. The van der Waals surface area contributed by atoms with Gasteiger partial charge in [0.2, 0.25) is 5.91 Å². The summed E-state index contributed by atoms with van der Waals surface area (Å²) >= 11 is 5.63. The number of phenols is 1. The van der Waals surface area contributed by atoms with Crippen molar-refractivity contribution < 1.29 is 9.90 Å². The third kappa shape index (κ3) is 3.44. The standard InChI is InChI=1S/C11H14ClNO2/c1-7(12)11(15)13-8(2)9-4-3-5-10(14)6-9/h3-8,14H,1-2H3,(H,13,15). The predicted octanol–water partition coefficient (Wildman–Crippen LogP) is 2.20. The number of hydrogen-bond donors (Lipinski definition) is 2. The van der Waals surface area contributed by atoms with E-state index >= 15 is 0 Å². The van der Waals surface area contributed by atoms with Crippen LogP contribution in [-0.2, 0) is 4.79 Å². The second kappa shape index (κ2) is 5.03. The van der Waals surface area contributed by atoms with Crippen LogP contribution in [0.1, 0.15) is 25.5 Å². The number of nitrogens with one attached hydrogen (secondary N) is 1. The molecule has 0 aliphatic heterocycles. The molecule has 2 N–H and O–H groups in total. The van der Waals surface area contributed by atoms with Gasteiger partial charge in [-0.25, -0.2) is 0 Å². The Morgan fingerprint density at radius 1 is 1.47 bits per heavy atom. The Morgan fingerprint density at radius 3 is 2.67 bits per heavy atom. The molecule has 2 atom stereocenters. The van der Waals surface area contributed by atoms with Gasteiger partial charge in [0.15, 0.2) is 0 Å². The molecule has 1 aromatic carbocycles. The molecule has 0 saturated heterocycles. The largest absolute Gasteiger partial charge is 0.508 e. The molecule has 0 heterocycles. The molecule has 82 valence electrons. The minimum atomic E-state index is -0.551. The molecule has 2 unspecified atom stereocenters. The van der Waals surface area contributed by atoms with E-state index in [-0.39, 0.29) is 17.7 Å². The summed E-state index contributed by atoms with van der Waals surface area (Å²) in [6.07, 6.45) is 0. The number of rotatable bonds is 3. The van der Waals surface area contributed by atoms with Gasteiger partial charge in [0.05, 0.1) is 6.04 Å². The average molecular weight is 228 g/mol. The van der Waals surface area contributed by atoms with E-state index in [1.165, 1.54) is 0 Å². The minimum absolute atomic E-state index is 0.161. The van der Waals surface area contributed by atoms with E-state index in [0.717, 1.165) is 5.56 Å². The Bertz CT molecular complexity index is 352. The zero-order valence-corrected chi connectivity index (χ0v) is 9.45. The van der Waals surface area contributed by atoms with Gasteiger partial charge < -0.3 is 10.4 Å². The monoisotopic (exact) mass is 227 g/mol. The molecule has 1 amide bonds. The Labute approximate surface area is 94.1 Å². The Balaban J connectivity index is 2.69. The molecule has 4 heteroatoms. The molecule has 1 aromatic rings. The minimum Gasteiger partial charge on any atom is -0.508 e. The number of alkyl halides is 1. The van der Waals surface area contributed by atoms with Crippen LogP contribution < -0.4 is 5.32 Å². The van der Waals surface area contributed by atoms with Crippen molar-refractivity contribution in [1.29, 1.82) is 0 Å². The summed E-state index contributed by atoms with van der Waals surface area (Å²) in [7, 11) is 0. The van der Waals surface area contributed by atoms with Gasteiger partial charge in [-0.05, 0) is 31.5 Å². The maximum absolute atomic E-state index is 11.3. The highest BCUT2D eigenvalue weighted by atomic mass is 35.5. The van der Waals surface area contributed by atoms with Gasteiger partial charge >= 0.3 is 0 Å². The van der Waals surface area contributed by atoms with Crippen LogP contribution in [0.4, 0.5) is 0 Å². The van der Waals surface area contributed by atoms with Crippen molar-refractivity contribution >= 4 is 17.5 Å². The number of carbonyl (C=O) groups is 1. The quantitative estimate of drug-likeness (QED) is 0.778. The molecule has 0 aliphatic rings. The van der Waals surface area contributed by atoms with Crippen LogP contribution in [-0.4, -0.2) is 16.4 Å². The summed E-state index contributed by atoms with van der Waals surface area (Å²) in [5, 5.41) is 11.5. The number of halogens is 1. The van der Waals surface area contributed by atoms with Crippen LogP contribution in [0.5, 0.6) is 5.75 Å². The van der Waals surface area contributed by atoms with E-state index in [2.05, 4.69) is 5.32 Å². The lowest BCUT2D eigenvalue weighted by Gasteiger charge is -2.15. The molecule has 0 aromatic heterocycles. The molecule has 0 saturated carbocycles. The van der Waals surface area contributed by atoms with Gasteiger partial charge in [0, 0.05) is 0 Å². The van der Waals surface area contributed by atoms with Gasteiger partial charge in [-0.2, -0.15) is 0 Å². The molecule has 3 nitrogen and oxygen atoms in total. The summed E-state index contributed by atoms with van der Waals surface area (Å²) in [5.41, 5.74) is 0.848. The summed E-state index contributed by atoms with van der Waals surface area (Å²) in [6, 6.07) is 6.61. The van der Waals surface area contributed by atoms with Crippen LogP contribution >= 0.6 is 11.6 Å². The Hall–Kier alpha value is -1.22. The SMILES string of the molecule is CC(Cl)C(=O)NC(C)c1cccc(O)c1. The number of phenolic OH excluding ortho intramolecular Hbond substituents is 1. The van der Waals surface area contributed by atoms with E-state index in [1.807, 2.05) is 13.0 Å². The fraction of sp³-hybridized carbons (Fsp3) is 0.364. The van der Waals surface area contributed by atoms with Crippen LogP contribution in [0.25, 0.3) is 0 Å². The highest BCUT2D eigenvalue weighted by Gasteiger charge is 2.13. The van der Waals surface area contributed by atoms with Crippen LogP contribution in [0, 0.1) is 0 Å². The lowest BCUT2D eigenvalue weighted by atomic mass is 10.1. The maximum atomic E-state index is 11.3. The van der Waals surface area contributed by atoms with Crippen molar-refractivity contribution in [1.82, 2.24) is 5.32 Å². The van der Waals surface area contributed by atoms with E-state index < -0.39 is 5.38 Å². The van der Waals surface area contributed by atoms with Gasteiger partial charge in [0.25, 0.3) is 0 Å². The molecule has 15 heavy (non-hydrogen) atoms. The number of aromatic hydroxyl groups is 1. The van der Waals surface area contributed by atoms with Gasteiger partial charge in [0.1, 0.15) is 11.1 Å². The smallest absolute Gasteiger partial charge is 0.238 e. The molecule has 0 aliphatic carbocycles. The molecule has 1 rings (SSSR count). The fourth-order valence-electron chi connectivity index (χ4n) is 1.21. The van der Waals surface area contributed by atoms with E-state index in [0.29, 0.717) is 0 Å². The van der Waals surface area contributed by atoms with E-state index in [9.17, 15) is 9.90 Å². The Kier molecular flexibility index (Phi) is 3.97. The summed E-state index contributed by atoms with van der Waals surface area (Å²) in [6.45, 7) is 3.46. The van der Waals surface area contributed by atoms with Gasteiger partial charge in [-0.1, -0.05) is 12.1 Å². The van der Waals surface area contributed by atoms with Crippen LogP contribution in [0.15, 0.2) is 24.3 Å². The van der Waals surface area contributed by atoms with Crippen molar-refractivity contribution in [2.45, 2.75) is 25.3 Å². The molecule has 0 bridgehead atoms. The highest BCUT2D eigenvalue weighted by Crippen LogP contribution is 2.17. The molecule has 0 fully saturated rings. The van der Waals surface area contributed by atoms with Crippen molar-refractivity contribution in [3.05, 3.63) is 29.8 Å². The third-order valence-corrected chi connectivity index (χ3v) is 2.29. The summed E-state index contributed by atoms with van der Waals surface area (Å²) < 4.78 is 0. The average Bonchev–Trinajstić information content (AvgIpc) is 2.17. The molecule has 0 spiro atoms. The van der Waals surface area contributed by atoms with E-state index in [4.69, 9.17) is 11.6 Å². The zero-order chi connectivity index (χ0) is 11.4. The van der Waals surface area contributed by atoms with Gasteiger partial charge in [-0.15, -0.1) is 11.6 Å². The zero-order valence-electron chi connectivity index (χ0n) is 8.70. The first-order chi connectivity index (χ1) is 7.00. The summed E-state index contributed by atoms with van der Waals surface area (Å²) in [5.74, 6) is -0.0277. The lowest BCUT2D eigenvalue weighted by Crippen LogP contribution is -2.31. The highest BCUT2D eigenvalue weighted by molar-refractivity contribution is 6.30. The molecule has 0 radical (unpaired) electrons. The number of hydrogen-bond acceptors (Lipinski definition) is 2. The fourth-order valence-corrected chi connectivity index (χ4v) is 1.27.